The van der Waals surface area contributed by atoms with Crippen LogP contribution in [0.15, 0.2) is 71.7 Å². The van der Waals surface area contributed by atoms with Gasteiger partial charge in [-0.15, -0.1) is 0 Å². The van der Waals surface area contributed by atoms with Crippen molar-refractivity contribution >= 4 is 50.1 Å². The van der Waals surface area contributed by atoms with E-state index < -0.39 is 0 Å². The van der Waals surface area contributed by atoms with Crippen LogP contribution < -0.4 is 5.32 Å². The molecule has 35 heavy (non-hydrogen) atoms. The molecule has 0 spiro atoms. The third-order valence-electron chi connectivity index (χ3n) is 6.71. The van der Waals surface area contributed by atoms with Gasteiger partial charge in [0, 0.05) is 67.4 Å². The highest BCUT2D eigenvalue weighted by molar-refractivity contribution is 9.10. The molecule has 1 N–H and O–H groups in total. The van der Waals surface area contributed by atoms with Gasteiger partial charge in [-0.2, -0.15) is 9.61 Å². The van der Waals surface area contributed by atoms with Crippen LogP contribution in [0.1, 0.15) is 35.6 Å². The number of halogens is 2. The summed E-state index contributed by atoms with van der Waals surface area (Å²) in [5.41, 5.74) is 5.36. The van der Waals surface area contributed by atoms with Crippen LogP contribution in [0.3, 0.4) is 0 Å². The second kappa shape index (κ2) is 9.60. The Morgan fingerprint density at radius 2 is 2.06 bits per heavy atom. The van der Waals surface area contributed by atoms with E-state index in [1.807, 2.05) is 29.0 Å². The van der Waals surface area contributed by atoms with E-state index in [2.05, 4.69) is 66.6 Å². The molecule has 1 unspecified atom stereocenters. The van der Waals surface area contributed by atoms with E-state index in [-0.39, 0.29) is 0 Å². The van der Waals surface area contributed by atoms with E-state index in [1.54, 1.807) is 16.5 Å². The van der Waals surface area contributed by atoms with E-state index >= 15 is 0 Å². The highest BCUT2D eigenvalue weighted by Gasteiger charge is 2.25. The summed E-state index contributed by atoms with van der Waals surface area (Å²) >= 11 is 10.1. The van der Waals surface area contributed by atoms with Gasteiger partial charge in [-0.1, -0.05) is 24.3 Å². The van der Waals surface area contributed by atoms with Crippen LogP contribution in [-0.4, -0.2) is 41.7 Å². The zero-order valence-corrected chi connectivity index (χ0v) is 21.5. The molecule has 1 fully saturated rings. The quantitative estimate of drug-likeness (QED) is 0.288. The van der Waals surface area contributed by atoms with Crippen LogP contribution in [0.4, 0.5) is 5.82 Å². The number of hydrogen-bond acceptors (Lipinski definition) is 5. The van der Waals surface area contributed by atoms with Crippen molar-refractivity contribution in [3.05, 3.63) is 88.5 Å². The summed E-state index contributed by atoms with van der Waals surface area (Å²) in [6.45, 7) is 3.58. The van der Waals surface area contributed by atoms with Crippen molar-refractivity contribution in [2.75, 3.05) is 18.4 Å². The minimum Gasteiger partial charge on any atom is -0.366 e. The Morgan fingerprint density at radius 3 is 2.94 bits per heavy atom. The second-order valence-electron chi connectivity index (χ2n) is 9.07. The molecule has 7 nitrogen and oxygen atoms in total. The lowest BCUT2D eigenvalue weighted by Crippen LogP contribution is -2.34. The van der Waals surface area contributed by atoms with E-state index in [9.17, 15) is 0 Å². The first-order valence-electron chi connectivity index (χ1n) is 11.8. The summed E-state index contributed by atoms with van der Waals surface area (Å²) in [6, 6.07) is 14.5. The monoisotopic (exact) mass is 549 g/mol. The Morgan fingerprint density at radius 1 is 1.14 bits per heavy atom. The summed E-state index contributed by atoms with van der Waals surface area (Å²) in [5.74, 6) is 1.28. The fourth-order valence-electron chi connectivity index (χ4n) is 5.00. The minimum absolute atomic E-state index is 0.346. The van der Waals surface area contributed by atoms with Gasteiger partial charge in [0.05, 0.1) is 21.9 Å². The first kappa shape index (κ1) is 22.5. The van der Waals surface area contributed by atoms with Gasteiger partial charge >= 0.3 is 0 Å². The van der Waals surface area contributed by atoms with Crippen LogP contribution in [-0.2, 0) is 13.1 Å². The van der Waals surface area contributed by atoms with Crippen molar-refractivity contribution in [1.82, 2.24) is 28.6 Å². The van der Waals surface area contributed by atoms with Gasteiger partial charge in [-0.25, -0.2) is 4.98 Å². The molecule has 178 valence electrons. The van der Waals surface area contributed by atoms with Crippen molar-refractivity contribution in [3.8, 4) is 0 Å². The molecule has 4 aromatic heterocycles. The lowest BCUT2D eigenvalue weighted by molar-refractivity contribution is 0.199. The smallest absolute Gasteiger partial charge is 0.171 e. The zero-order chi connectivity index (χ0) is 23.8. The molecule has 1 atom stereocenters. The molecule has 0 aliphatic carbocycles. The van der Waals surface area contributed by atoms with E-state index in [4.69, 9.17) is 16.8 Å². The predicted octanol–water partition coefficient (Wildman–Crippen LogP) is 5.84. The highest BCUT2D eigenvalue weighted by atomic mass is 79.9. The lowest BCUT2D eigenvalue weighted by Gasteiger charge is -2.32. The van der Waals surface area contributed by atoms with Crippen molar-refractivity contribution in [3.63, 3.8) is 0 Å². The molecular formula is C26H25BrClN7. The fourth-order valence-corrected chi connectivity index (χ4v) is 5.61. The summed E-state index contributed by atoms with van der Waals surface area (Å²) < 4.78 is 4.46. The third kappa shape index (κ3) is 4.53. The van der Waals surface area contributed by atoms with Crippen LogP contribution >= 0.6 is 27.7 Å². The highest BCUT2D eigenvalue weighted by Crippen LogP contribution is 2.31. The number of hydrogen-bond donors (Lipinski definition) is 1. The third-order valence-corrected chi connectivity index (χ3v) is 7.55. The number of para-hydroxylation sites is 1. The topological polar surface area (TPSA) is 63.3 Å². The van der Waals surface area contributed by atoms with Crippen LogP contribution in [0.25, 0.3) is 16.6 Å². The maximum Gasteiger partial charge on any atom is 0.171 e. The van der Waals surface area contributed by atoms with Gasteiger partial charge in [0.25, 0.3) is 0 Å². The summed E-state index contributed by atoms with van der Waals surface area (Å²) in [4.78, 5) is 11.8. The zero-order valence-electron chi connectivity index (χ0n) is 19.1. The molecular weight excluding hydrogens is 526 g/mol. The maximum absolute atomic E-state index is 6.44. The number of pyridine rings is 1. The van der Waals surface area contributed by atoms with Crippen LogP contribution in [0, 0.1) is 0 Å². The molecule has 0 saturated carbocycles. The van der Waals surface area contributed by atoms with Gasteiger partial charge in [0.2, 0.25) is 0 Å². The molecule has 5 heterocycles. The Balaban J connectivity index is 1.26. The van der Waals surface area contributed by atoms with Crippen molar-refractivity contribution in [2.45, 2.75) is 31.8 Å². The molecule has 1 aliphatic heterocycles. The molecule has 5 aromatic rings. The first-order chi connectivity index (χ1) is 17.2. The average Bonchev–Trinajstić information content (AvgIpc) is 3.43. The van der Waals surface area contributed by atoms with Gasteiger partial charge in [-0.05, 0) is 58.6 Å². The molecule has 0 radical (unpaired) electrons. The van der Waals surface area contributed by atoms with E-state index in [1.165, 1.54) is 10.9 Å². The molecule has 1 aliphatic rings. The number of anilines is 1. The van der Waals surface area contributed by atoms with Crippen molar-refractivity contribution in [2.24, 2.45) is 0 Å². The number of nitrogens with zero attached hydrogens (tertiary/aromatic N) is 6. The molecule has 1 aromatic carbocycles. The van der Waals surface area contributed by atoms with Crippen molar-refractivity contribution in [1.29, 1.82) is 0 Å². The van der Waals surface area contributed by atoms with Gasteiger partial charge in [0.1, 0.15) is 5.82 Å². The van der Waals surface area contributed by atoms with E-state index in [0.717, 1.165) is 65.2 Å². The molecule has 0 amide bonds. The summed E-state index contributed by atoms with van der Waals surface area (Å²) in [5, 5.41) is 9.28. The largest absolute Gasteiger partial charge is 0.366 e. The van der Waals surface area contributed by atoms with E-state index in [0.29, 0.717) is 12.5 Å². The van der Waals surface area contributed by atoms with Crippen LogP contribution in [0.5, 0.6) is 0 Å². The number of aromatic nitrogens is 5. The maximum atomic E-state index is 6.44. The first-order valence-corrected chi connectivity index (χ1v) is 12.9. The minimum atomic E-state index is 0.346. The number of rotatable bonds is 6. The molecule has 9 heteroatoms. The second-order valence-corrected chi connectivity index (χ2v) is 10.3. The standard InChI is InChI=1S/C26H25BrClN7/c27-22-14-31-35-25(30-13-18-5-3-9-29-12-18)11-23(32-26(22)35)19-6-4-10-33(15-19)16-20-17-34(28)24-8-2-1-7-21(20)24/h1-3,5,7-9,11-12,14,17,19,30H,4,6,10,13,15-16H2. The molecule has 0 bridgehead atoms. The Bertz CT molecular complexity index is 1480. The van der Waals surface area contributed by atoms with Gasteiger partial charge in [0.15, 0.2) is 5.65 Å². The van der Waals surface area contributed by atoms with Crippen LogP contribution in [0.2, 0.25) is 0 Å². The molecule has 1 saturated heterocycles. The lowest BCUT2D eigenvalue weighted by atomic mass is 9.94. The number of fused-ring (bicyclic) bond motifs is 2. The summed E-state index contributed by atoms with van der Waals surface area (Å²) in [6.07, 6.45) is 9.76. The Kier molecular flexibility index (Phi) is 6.18. The number of benzene rings is 1. The molecule has 6 rings (SSSR count). The van der Waals surface area contributed by atoms with Gasteiger partial charge < -0.3 is 5.32 Å². The Labute approximate surface area is 217 Å². The summed E-state index contributed by atoms with van der Waals surface area (Å²) in [7, 11) is 0. The number of likely N-dealkylation sites (tertiary alicyclic amines) is 1. The number of piperidine rings is 1. The van der Waals surface area contributed by atoms with Gasteiger partial charge in [-0.3, -0.25) is 14.0 Å². The number of nitrogens with one attached hydrogen (secondary N) is 1. The average molecular weight is 551 g/mol. The SMILES string of the molecule is Cln1cc(CN2CCCC(c3cc(NCc4cccnc4)n4ncc(Br)c4n3)C2)c2ccccc21. The Hall–Kier alpha value is -2.94. The fraction of sp³-hybridized carbons (Fsp3) is 0.269. The normalized spacial score (nSPS) is 16.8. The predicted molar refractivity (Wildman–Crippen MR) is 143 cm³/mol. The van der Waals surface area contributed by atoms with Crippen molar-refractivity contribution < 1.29 is 0 Å².